The van der Waals surface area contributed by atoms with Crippen LogP contribution in [0, 0.1) is 0 Å². The standard InChI is InChI=1S/C24H30N4O2.2BrH/c1-29-19-3-5-23-21(13-19)17(15-27-23)7-9-25-11-12-26-10-8-18-16-28-24-6-4-20(30-2)14-22(18)24;;/h3-6,13-16,25-28H,7-12H2,1-2H3;2*1H. The van der Waals surface area contributed by atoms with Crippen LogP contribution in [0.1, 0.15) is 11.1 Å². The molecule has 0 aliphatic rings. The molecule has 32 heavy (non-hydrogen) atoms. The summed E-state index contributed by atoms with van der Waals surface area (Å²) in [4.78, 5) is 6.67. The molecule has 0 spiro atoms. The van der Waals surface area contributed by atoms with Crippen LogP contribution in [0.5, 0.6) is 11.5 Å². The number of benzene rings is 2. The summed E-state index contributed by atoms with van der Waals surface area (Å²) in [6.45, 7) is 3.81. The first kappa shape index (κ1) is 26.3. The topological polar surface area (TPSA) is 74.1 Å². The van der Waals surface area contributed by atoms with E-state index < -0.39 is 0 Å². The maximum absolute atomic E-state index is 5.34. The van der Waals surface area contributed by atoms with E-state index >= 15 is 0 Å². The molecule has 0 aliphatic heterocycles. The molecule has 2 heterocycles. The van der Waals surface area contributed by atoms with Crippen molar-refractivity contribution in [1.82, 2.24) is 20.6 Å². The van der Waals surface area contributed by atoms with Crippen molar-refractivity contribution in [3.8, 4) is 11.5 Å². The fourth-order valence-corrected chi connectivity index (χ4v) is 3.86. The number of halogens is 2. The van der Waals surface area contributed by atoms with Crippen molar-refractivity contribution in [3.63, 3.8) is 0 Å². The molecule has 4 rings (SSSR count). The second-order valence-electron chi connectivity index (χ2n) is 7.45. The van der Waals surface area contributed by atoms with Crippen LogP contribution in [0.25, 0.3) is 21.8 Å². The zero-order chi connectivity index (χ0) is 20.8. The Morgan fingerprint density at radius 1 is 0.656 bits per heavy atom. The van der Waals surface area contributed by atoms with E-state index in [4.69, 9.17) is 9.47 Å². The molecule has 8 heteroatoms. The van der Waals surface area contributed by atoms with Gasteiger partial charge >= 0.3 is 0 Å². The highest BCUT2D eigenvalue weighted by Crippen LogP contribution is 2.24. The van der Waals surface area contributed by atoms with Crippen LogP contribution in [-0.4, -0.2) is 50.4 Å². The average molecular weight is 568 g/mol. The highest BCUT2D eigenvalue weighted by Gasteiger charge is 2.06. The molecule has 0 aliphatic carbocycles. The van der Waals surface area contributed by atoms with Gasteiger partial charge in [-0.1, -0.05) is 0 Å². The molecule has 0 bridgehead atoms. The maximum Gasteiger partial charge on any atom is 0.119 e. The molecule has 0 radical (unpaired) electrons. The van der Waals surface area contributed by atoms with Crippen molar-refractivity contribution in [3.05, 3.63) is 59.9 Å². The van der Waals surface area contributed by atoms with E-state index in [0.29, 0.717) is 0 Å². The zero-order valence-corrected chi connectivity index (χ0v) is 21.9. The van der Waals surface area contributed by atoms with Crippen LogP contribution in [-0.2, 0) is 12.8 Å². The number of fused-ring (bicyclic) bond motifs is 2. The number of hydrogen-bond acceptors (Lipinski definition) is 4. The number of ether oxygens (including phenoxy) is 2. The van der Waals surface area contributed by atoms with Gasteiger partial charge in [-0.2, -0.15) is 0 Å². The molecule has 0 atom stereocenters. The summed E-state index contributed by atoms with van der Waals surface area (Å²) in [5.74, 6) is 1.79. The van der Waals surface area contributed by atoms with Crippen LogP contribution >= 0.6 is 34.0 Å². The van der Waals surface area contributed by atoms with Gasteiger partial charge in [-0.05, 0) is 73.5 Å². The monoisotopic (exact) mass is 566 g/mol. The van der Waals surface area contributed by atoms with Crippen LogP contribution in [0.2, 0.25) is 0 Å². The largest absolute Gasteiger partial charge is 0.497 e. The molecule has 2 aromatic heterocycles. The first-order chi connectivity index (χ1) is 14.8. The Bertz CT molecular complexity index is 1020. The Labute approximate surface area is 210 Å². The molecule has 0 amide bonds. The number of hydrogen-bond donors (Lipinski definition) is 4. The quantitative estimate of drug-likeness (QED) is 0.197. The van der Waals surface area contributed by atoms with Gasteiger partial charge < -0.3 is 30.1 Å². The highest BCUT2D eigenvalue weighted by molar-refractivity contribution is 8.93. The summed E-state index contributed by atoms with van der Waals surface area (Å²) in [7, 11) is 3.41. The minimum Gasteiger partial charge on any atom is -0.497 e. The normalized spacial score (nSPS) is 10.7. The van der Waals surface area contributed by atoms with Gasteiger partial charge in [0.2, 0.25) is 0 Å². The molecule has 0 unspecified atom stereocenters. The highest BCUT2D eigenvalue weighted by atomic mass is 79.9. The van der Waals surface area contributed by atoms with Gasteiger partial charge in [0.15, 0.2) is 0 Å². The van der Waals surface area contributed by atoms with Gasteiger partial charge in [0.25, 0.3) is 0 Å². The second kappa shape index (κ2) is 12.9. The Balaban J connectivity index is 0.00000181. The van der Waals surface area contributed by atoms with Crippen LogP contribution in [0.4, 0.5) is 0 Å². The molecule has 4 aromatic rings. The summed E-state index contributed by atoms with van der Waals surface area (Å²) < 4.78 is 10.7. The summed E-state index contributed by atoms with van der Waals surface area (Å²) in [6.07, 6.45) is 6.18. The van der Waals surface area contributed by atoms with E-state index in [0.717, 1.165) is 61.6 Å². The fraction of sp³-hybridized carbons (Fsp3) is 0.333. The molecule has 6 nitrogen and oxygen atoms in total. The Morgan fingerprint density at radius 3 is 1.50 bits per heavy atom. The van der Waals surface area contributed by atoms with Crippen molar-refractivity contribution in [2.45, 2.75) is 12.8 Å². The summed E-state index contributed by atoms with van der Waals surface area (Å²) in [6, 6.07) is 12.3. The third-order valence-corrected chi connectivity index (χ3v) is 5.57. The van der Waals surface area contributed by atoms with E-state index in [9.17, 15) is 0 Å². The molecular weight excluding hydrogens is 536 g/mol. The summed E-state index contributed by atoms with van der Waals surface area (Å²) in [5.41, 5.74) is 4.95. The van der Waals surface area contributed by atoms with Crippen molar-refractivity contribution >= 4 is 55.8 Å². The van der Waals surface area contributed by atoms with E-state index in [1.807, 2.05) is 12.1 Å². The lowest BCUT2D eigenvalue weighted by Gasteiger charge is -2.07. The Hall–Kier alpha value is -2.00. The average Bonchev–Trinajstić information content (AvgIpc) is 3.38. The first-order valence-corrected chi connectivity index (χ1v) is 10.5. The second-order valence-corrected chi connectivity index (χ2v) is 7.45. The molecule has 0 saturated heterocycles. The maximum atomic E-state index is 5.34. The Kier molecular flexibility index (Phi) is 10.6. The lowest BCUT2D eigenvalue weighted by atomic mass is 10.1. The van der Waals surface area contributed by atoms with E-state index in [1.165, 1.54) is 21.9 Å². The van der Waals surface area contributed by atoms with Gasteiger partial charge in [-0.3, -0.25) is 0 Å². The molecule has 0 fully saturated rings. The minimum absolute atomic E-state index is 0. The van der Waals surface area contributed by atoms with Crippen molar-refractivity contribution in [1.29, 1.82) is 0 Å². The number of rotatable bonds is 11. The van der Waals surface area contributed by atoms with Crippen LogP contribution < -0.4 is 20.1 Å². The number of aromatic amines is 2. The van der Waals surface area contributed by atoms with Gasteiger partial charge in [0.05, 0.1) is 14.2 Å². The zero-order valence-electron chi connectivity index (χ0n) is 18.5. The summed E-state index contributed by atoms with van der Waals surface area (Å²) in [5, 5.41) is 9.53. The summed E-state index contributed by atoms with van der Waals surface area (Å²) >= 11 is 0. The predicted octanol–water partition coefficient (Wildman–Crippen LogP) is 4.79. The van der Waals surface area contributed by atoms with Gasteiger partial charge in [-0.15, -0.1) is 34.0 Å². The van der Waals surface area contributed by atoms with E-state index in [2.05, 4.69) is 57.3 Å². The van der Waals surface area contributed by atoms with Crippen LogP contribution in [0.15, 0.2) is 48.8 Å². The Morgan fingerprint density at radius 2 is 1.09 bits per heavy atom. The fourth-order valence-electron chi connectivity index (χ4n) is 3.86. The number of H-pyrrole nitrogens is 2. The van der Waals surface area contributed by atoms with Crippen molar-refractivity contribution < 1.29 is 9.47 Å². The van der Waals surface area contributed by atoms with Gasteiger partial charge in [0.1, 0.15) is 11.5 Å². The van der Waals surface area contributed by atoms with Crippen molar-refractivity contribution in [2.75, 3.05) is 40.4 Å². The third-order valence-electron chi connectivity index (χ3n) is 5.57. The van der Waals surface area contributed by atoms with Crippen LogP contribution in [0.3, 0.4) is 0 Å². The molecule has 2 aromatic carbocycles. The smallest absolute Gasteiger partial charge is 0.119 e. The molecule has 0 saturated carbocycles. The lowest BCUT2D eigenvalue weighted by molar-refractivity contribution is 0.415. The van der Waals surface area contributed by atoms with Gasteiger partial charge in [-0.25, -0.2) is 0 Å². The van der Waals surface area contributed by atoms with Gasteiger partial charge in [0, 0.05) is 47.3 Å². The van der Waals surface area contributed by atoms with E-state index in [-0.39, 0.29) is 34.0 Å². The molecule has 4 N–H and O–H groups in total. The first-order valence-electron chi connectivity index (χ1n) is 10.5. The number of aromatic nitrogens is 2. The molecular formula is C24H32Br2N4O2. The number of nitrogens with one attached hydrogen (secondary N) is 4. The number of methoxy groups -OCH3 is 2. The minimum atomic E-state index is 0. The third kappa shape index (κ3) is 6.28. The SMILES string of the molecule is Br.Br.COc1ccc2[nH]cc(CCNCCNCCc3c[nH]c4ccc(OC)cc34)c2c1. The molecule has 174 valence electrons. The van der Waals surface area contributed by atoms with E-state index in [1.54, 1.807) is 14.2 Å². The van der Waals surface area contributed by atoms with Crippen molar-refractivity contribution in [2.24, 2.45) is 0 Å². The predicted molar refractivity (Wildman–Crippen MR) is 143 cm³/mol. The lowest BCUT2D eigenvalue weighted by Crippen LogP contribution is -2.29.